The predicted octanol–water partition coefficient (Wildman–Crippen LogP) is 2.92. The zero-order chi connectivity index (χ0) is 13.8. The molecule has 0 aromatic heterocycles. The van der Waals surface area contributed by atoms with Gasteiger partial charge >= 0.3 is 6.18 Å². The maximum atomic E-state index is 12.4. The zero-order valence-electron chi connectivity index (χ0n) is 9.47. The van der Waals surface area contributed by atoms with E-state index in [2.05, 4.69) is 11.8 Å². The molecule has 0 aliphatic carbocycles. The highest BCUT2D eigenvalue weighted by Gasteiger charge is 2.30. The summed E-state index contributed by atoms with van der Waals surface area (Å²) in [4.78, 5) is 10.6. The van der Waals surface area contributed by atoms with Gasteiger partial charge in [-0.1, -0.05) is 23.6 Å². The molecule has 2 N–H and O–H groups in total. The Kier molecular flexibility index (Phi) is 4.68. The van der Waals surface area contributed by atoms with Crippen LogP contribution in [0.2, 0.25) is 0 Å². The zero-order valence-corrected chi connectivity index (χ0v) is 10.3. The van der Waals surface area contributed by atoms with Crippen LogP contribution in [0.1, 0.15) is 18.1 Å². The molecular formula is C12H10F3NOS. The van der Waals surface area contributed by atoms with Crippen LogP contribution >= 0.6 is 11.8 Å². The number of hydrogen-bond acceptors (Lipinski definition) is 3. The van der Waals surface area contributed by atoms with Crippen molar-refractivity contribution in [3.63, 3.8) is 0 Å². The lowest BCUT2D eigenvalue weighted by Gasteiger charge is -2.07. The van der Waals surface area contributed by atoms with E-state index in [-0.39, 0.29) is 16.6 Å². The van der Waals surface area contributed by atoms with Crippen LogP contribution in [0.3, 0.4) is 0 Å². The van der Waals surface area contributed by atoms with Gasteiger partial charge in [0.1, 0.15) is 0 Å². The summed E-state index contributed by atoms with van der Waals surface area (Å²) in [6.07, 6.45) is -4.41. The van der Waals surface area contributed by atoms with Gasteiger partial charge in [-0.3, -0.25) is 4.79 Å². The van der Waals surface area contributed by atoms with E-state index in [0.717, 1.165) is 23.9 Å². The van der Waals surface area contributed by atoms with Gasteiger partial charge in [0.05, 0.1) is 11.3 Å². The molecule has 0 bridgehead atoms. The Morgan fingerprint density at radius 3 is 2.61 bits per heavy atom. The van der Waals surface area contributed by atoms with E-state index in [1.165, 1.54) is 13.0 Å². The van der Waals surface area contributed by atoms with Gasteiger partial charge in [0.25, 0.3) is 0 Å². The number of benzene rings is 1. The molecule has 0 saturated carbocycles. The molecule has 0 fully saturated rings. The lowest BCUT2D eigenvalue weighted by molar-refractivity contribution is -0.137. The quantitative estimate of drug-likeness (QED) is 0.632. The van der Waals surface area contributed by atoms with Gasteiger partial charge in [-0.15, -0.1) is 0 Å². The van der Waals surface area contributed by atoms with Gasteiger partial charge in [0.2, 0.25) is 0 Å². The van der Waals surface area contributed by atoms with Crippen molar-refractivity contribution in [3.8, 4) is 11.8 Å². The Hall–Kier alpha value is -1.61. The highest BCUT2D eigenvalue weighted by molar-refractivity contribution is 8.13. The molecule has 96 valence electrons. The number of thioether (sulfide) groups is 1. The van der Waals surface area contributed by atoms with Gasteiger partial charge in [-0.25, -0.2) is 0 Å². The van der Waals surface area contributed by atoms with Crippen LogP contribution in [0.4, 0.5) is 18.9 Å². The van der Waals surface area contributed by atoms with E-state index < -0.39 is 11.7 Å². The minimum absolute atomic E-state index is 0.0230. The van der Waals surface area contributed by atoms with E-state index in [4.69, 9.17) is 5.73 Å². The number of hydrogen-bond donors (Lipinski definition) is 1. The molecule has 0 aliphatic heterocycles. The molecule has 0 radical (unpaired) electrons. The summed E-state index contributed by atoms with van der Waals surface area (Å²) in [6.45, 7) is 1.42. The number of anilines is 1. The Morgan fingerprint density at radius 2 is 2.11 bits per heavy atom. The van der Waals surface area contributed by atoms with Crippen LogP contribution in [-0.2, 0) is 11.0 Å². The average molecular weight is 273 g/mol. The van der Waals surface area contributed by atoms with Crippen LogP contribution < -0.4 is 5.73 Å². The van der Waals surface area contributed by atoms with Crippen LogP contribution in [0.25, 0.3) is 0 Å². The minimum Gasteiger partial charge on any atom is -0.398 e. The molecule has 0 aliphatic rings. The first-order valence-electron chi connectivity index (χ1n) is 4.89. The lowest BCUT2D eigenvalue weighted by atomic mass is 10.1. The molecule has 0 heterocycles. The Labute approximate surface area is 107 Å². The molecule has 0 spiro atoms. The highest BCUT2D eigenvalue weighted by Crippen LogP contribution is 2.31. The van der Waals surface area contributed by atoms with Crippen LogP contribution in [-0.4, -0.2) is 10.9 Å². The second-order valence-corrected chi connectivity index (χ2v) is 4.53. The average Bonchev–Trinajstić information content (AvgIpc) is 2.24. The first kappa shape index (κ1) is 14.5. The normalized spacial score (nSPS) is 10.7. The molecule has 1 rings (SSSR count). The molecule has 1 aromatic rings. The van der Waals surface area contributed by atoms with Gasteiger partial charge in [-0.05, 0) is 18.2 Å². The number of carbonyl (C=O) groups is 1. The predicted molar refractivity (Wildman–Crippen MR) is 65.9 cm³/mol. The van der Waals surface area contributed by atoms with Crippen molar-refractivity contribution >= 4 is 22.6 Å². The number of nitrogen functional groups attached to an aromatic ring is 1. The summed E-state index contributed by atoms with van der Waals surface area (Å²) in [7, 11) is 0. The fraction of sp³-hybridized carbons (Fsp3) is 0.250. The standard InChI is InChI=1S/C12H10F3NOS/c1-8(17)18-6-2-3-9-4-5-10(7-11(9)16)12(13,14)15/h4-5,7H,6,16H2,1H3. The molecule has 1 aromatic carbocycles. The van der Waals surface area contributed by atoms with Crippen molar-refractivity contribution in [2.45, 2.75) is 13.1 Å². The first-order valence-corrected chi connectivity index (χ1v) is 5.88. The lowest BCUT2D eigenvalue weighted by Crippen LogP contribution is -2.06. The summed E-state index contributed by atoms with van der Waals surface area (Å²) in [6, 6.07) is 3.00. The number of rotatable bonds is 1. The van der Waals surface area contributed by atoms with E-state index in [1.54, 1.807) is 0 Å². The van der Waals surface area contributed by atoms with Crippen LogP contribution in [0.15, 0.2) is 18.2 Å². The number of carbonyl (C=O) groups excluding carboxylic acids is 1. The molecule has 0 amide bonds. The molecule has 18 heavy (non-hydrogen) atoms. The maximum Gasteiger partial charge on any atom is 0.416 e. The van der Waals surface area contributed by atoms with E-state index in [1.807, 2.05) is 0 Å². The van der Waals surface area contributed by atoms with Crippen molar-refractivity contribution in [2.24, 2.45) is 0 Å². The number of alkyl halides is 3. The summed E-state index contributed by atoms with van der Waals surface area (Å²) in [5, 5.41) is -0.0651. The summed E-state index contributed by atoms with van der Waals surface area (Å²) in [5.41, 5.74) is 4.98. The van der Waals surface area contributed by atoms with Gasteiger partial charge < -0.3 is 5.73 Å². The van der Waals surface area contributed by atoms with E-state index in [0.29, 0.717) is 5.56 Å². The Balaban J connectivity index is 2.83. The smallest absolute Gasteiger partial charge is 0.398 e. The van der Waals surface area contributed by atoms with Crippen molar-refractivity contribution in [3.05, 3.63) is 29.3 Å². The summed E-state index contributed by atoms with van der Waals surface area (Å²) in [5.74, 6) is 5.58. The Morgan fingerprint density at radius 1 is 1.44 bits per heavy atom. The third-order valence-electron chi connectivity index (χ3n) is 1.95. The minimum atomic E-state index is -4.41. The maximum absolute atomic E-state index is 12.4. The SMILES string of the molecule is CC(=O)SCC#Cc1ccc(C(F)(F)F)cc1N. The highest BCUT2D eigenvalue weighted by atomic mass is 32.2. The first-order chi connectivity index (χ1) is 8.30. The fourth-order valence-electron chi connectivity index (χ4n) is 1.12. The monoisotopic (exact) mass is 273 g/mol. The Bertz CT molecular complexity index is 514. The third-order valence-corrected chi connectivity index (χ3v) is 2.64. The largest absolute Gasteiger partial charge is 0.416 e. The second kappa shape index (κ2) is 5.83. The molecule has 0 atom stereocenters. The van der Waals surface area contributed by atoms with Crippen LogP contribution in [0.5, 0.6) is 0 Å². The van der Waals surface area contributed by atoms with Gasteiger partial charge in [-0.2, -0.15) is 13.2 Å². The number of nitrogens with two attached hydrogens (primary N) is 1. The van der Waals surface area contributed by atoms with Crippen molar-refractivity contribution in [1.29, 1.82) is 0 Å². The summed E-state index contributed by atoms with van der Waals surface area (Å²) < 4.78 is 37.1. The van der Waals surface area contributed by atoms with E-state index in [9.17, 15) is 18.0 Å². The topological polar surface area (TPSA) is 43.1 Å². The van der Waals surface area contributed by atoms with Crippen molar-refractivity contribution in [2.75, 3.05) is 11.5 Å². The van der Waals surface area contributed by atoms with Gasteiger partial charge in [0.15, 0.2) is 5.12 Å². The number of halogens is 3. The molecule has 6 heteroatoms. The second-order valence-electron chi connectivity index (χ2n) is 3.38. The third kappa shape index (κ3) is 4.34. The fourth-order valence-corrected chi connectivity index (χ4v) is 1.47. The van der Waals surface area contributed by atoms with Gasteiger partial charge in [0, 0.05) is 18.2 Å². The molecule has 0 unspecified atom stereocenters. The summed E-state index contributed by atoms with van der Waals surface area (Å²) >= 11 is 1.03. The van der Waals surface area contributed by atoms with Crippen LogP contribution in [0, 0.1) is 11.8 Å². The van der Waals surface area contributed by atoms with E-state index >= 15 is 0 Å². The van der Waals surface area contributed by atoms with Crippen molar-refractivity contribution in [1.82, 2.24) is 0 Å². The molecular weight excluding hydrogens is 263 g/mol. The molecule has 2 nitrogen and oxygen atoms in total. The van der Waals surface area contributed by atoms with Crippen molar-refractivity contribution < 1.29 is 18.0 Å². The molecule has 0 saturated heterocycles.